The van der Waals surface area contributed by atoms with Crippen molar-refractivity contribution in [1.29, 1.82) is 0 Å². The first kappa shape index (κ1) is 9.78. The molecule has 7 nitrogen and oxygen atoms in total. The van der Waals surface area contributed by atoms with Crippen molar-refractivity contribution in [3.8, 4) is 0 Å². The van der Waals surface area contributed by atoms with Gasteiger partial charge in [0.2, 0.25) is 0 Å². The number of rotatable bonds is 2. The molecule has 1 amide bonds. The number of benzene rings is 1. The molecule has 0 atom stereocenters. The fraction of sp³-hybridized carbons (Fsp3) is 0. The van der Waals surface area contributed by atoms with Crippen LogP contribution in [0.5, 0.6) is 0 Å². The molecule has 14 heavy (non-hydrogen) atoms. The molecule has 1 rings (SSSR count). The molecular formula is C7H7N3O4. The molecule has 74 valence electrons. The summed E-state index contributed by atoms with van der Waals surface area (Å²) in [5.41, 5.74) is 5.31. The lowest BCUT2D eigenvalue weighted by atomic mass is 10.2. The van der Waals surface area contributed by atoms with Crippen LogP contribution in [-0.4, -0.2) is 16.1 Å². The van der Waals surface area contributed by atoms with Crippen molar-refractivity contribution in [2.24, 2.45) is 0 Å². The molecule has 0 saturated carbocycles. The Hall–Kier alpha value is -2.31. The van der Waals surface area contributed by atoms with E-state index in [9.17, 15) is 14.9 Å². The molecule has 0 heterocycles. The van der Waals surface area contributed by atoms with Gasteiger partial charge < -0.3 is 10.8 Å². The minimum absolute atomic E-state index is 0.00620. The van der Waals surface area contributed by atoms with Gasteiger partial charge in [-0.25, -0.2) is 4.79 Å². The summed E-state index contributed by atoms with van der Waals surface area (Å²) in [6.07, 6.45) is -1.32. The van der Waals surface area contributed by atoms with E-state index < -0.39 is 11.0 Å². The Morgan fingerprint density at radius 3 is 2.71 bits per heavy atom. The number of nitrogens with two attached hydrogens (primary N) is 1. The maximum Gasteiger partial charge on any atom is 0.409 e. The normalized spacial score (nSPS) is 9.43. The maximum atomic E-state index is 10.3. The summed E-state index contributed by atoms with van der Waals surface area (Å²) < 4.78 is 0. The quantitative estimate of drug-likeness (QED) is 0.374. The zero-order valence-electron chi connectivity index (χ0n) is 6.93. The molecule has 0 aliphatic carbocycles. The lowest BCUT2D eigenvalue weighted by molar-refractivity contribution is -0.384. The molecule has 0 aliphatic rings. The molecule has 4 N–H and O–H groups in total. The van der Waals surface area contributed by atoms with E-state index in [2.05, 4.69) is 0 Å². The Kier molecular flexibility index (Phi) is 2.52. The average Bonchev–Trinajstić information content (AvgIpc) is 2.07. The number of nitro groups is 1. The summed E-state index contributed by atoms with van der Waals surface area (Å²) in [5.74, 6) is 0. The van der Waals surface area contributed by atoms with Crippen LogP contribution in [0.4, 0.5) is 21.9 Å². The van der Waals surface area contributed by atoms with Crippen molar-refractivity contribution in [3.05, 3.63) is 28.3 Å². The number of nitrogens with one attached hydrogen (secondary N) is 1. The Morgan fingerprint density at radius 2 is 2.21 bits per heavy atom. The molecule has 1 aromatic rings. The molecule has 0 spiro atoms. The average molecular weight is 197 g/mol. The Morgan fingerprint density at radius 1 is 1.57 bits per heavy atom. The number of carboxylic acid groups (broad SMARTS) is 1. The lowest BCUT2D eigenvalue weighted by Crippen LogP contribution is -2.09. The van der Waals surface area contributed by atoms with E-state index in [1.54, 1.807) is 0 Å². The summed E-state index contributed by atoms with van der Waals surface area (Å²) in [5, 5.41) is 20.7. The highest BCUT2D eigenvalue weighted by molar-refractivity contribution is 5.88. The van der Waals surface area contributed by atoms with E-state index in [0.29, 0.717) is 0 Å². The van der Waals surface area contributed by atoms with Crippen molar-refractivity contribution in [3.63, 3.8) is 0 Å². The third-order valence-electron chi connectivity index (χ3n) is 1.49. The van der Waals surface area contributed by atoms with Gasteiger partial charge in [-0.1, -0.05) is 0 Å². The van der Waals surface area contributed by atoms with Gasteiger partial charge in [0.1, 0.15) is 0 Å². The fourth-order valence-electron chi connectivity index (χ4n) is 0.881. The van der Waals surface area contributed by atoms with Gasteiger partial charge in [-0.05, 0) is 6.07 Å². The summed E-state index contributed by atoms with van der Waals surface area (Å²) in [7, 11) is 0. The molecule has 0 aliphatic heterocycles. The van der Waals surface area contributed by atoms with E-state index in [-0.39, 0.29) is 17.1 Å². The summed E-state index contributed by atoms with van der Waals surface area (Å²) in [6.45, 7) is 0. The SMILES string of the molecule is Nc1ccc([N+](=O)[O-])cc1NC(=O)O. The number of anilines is 2. The second kappa shape index (κ2) is 3.60. The van der Waals surface area contributed by atoms with Gasteiger partial charge in [0.05, 0.1) is 16.3 Å². The molecule has 0 saturated heterocycles. The number of nitro benzene ring substituents is 1. The van der Waals surface area contributed by atoms with Gasteiger partial charge in [0.15, 0.2) is 0 Å². The van der Waals surface area contributed by atoms with Crippen molar-refractivity contribution >= 4 is 23.2 Å². The predicted molar refractivity (Wildman–Crippen MR) is 49.2 cm³/mol. The summed E-state index contributed by atoms with van der Waals surface area (Å²) in [6, 6.07) is 3.52. The van der Waals surface area contributed by atoms with E-state index in [0.717, 1.165) is 6.07 Å². The third-order valence-corrected chi connectivity index (χ3v) is 1.49. The Labute approximate surface area is 78.3 Å². The molecule has 0 unspecified atom stereocenters. The van der Waals surface area contributed by atoms with E-state index in [4.69, 9.17) is 10.8 Å². The van der Waals surface area contributed by atoms with Gasteiger partial charge in [-0.2, -0.15) is 0 Å². The molecule has 1 aromatic carbocycles. The minimum Gasteiger partial charge on any atom is -0.465 e. The molecular weight excluding hydrogens is 190 g/mol. The Balaban J connectivity index is 3.08. The smallest absolute Gasteiger partial charge is 0.409 e. The molecule has 0 radical (unpaired) electrons. The molecule has 7 heteroatoms. The number of carbonyl (C=O) groups is 1. The second-order valence-corrected chi connectivity index (χ2v) is 2.46. The lowest BCUT2D eigenvalue weighted by Gasteiger charge is -2.03. The van der Waals surface area contributed by atoms with Crippen LogP contribution in [0.25, 0.3) is 0 Å². The van der Waals surface area contributed by atoms with Crippen molar-refractivity contribution in [2.75, 3.05) is 11.1 Å². The molecule has 0 fully saturated rings. The van der Waals surface area contributed by atoms with Gasteiger partial charge in [0, 0.05) is 12.1 Å². The first-order valence-corrected chi connectivity index (χ1v) is 3.54. The van der Waals surface area contributed by atoms with Gasteiger partial charge in [-0.15, -0.1) is 0 Å². The number of amides is 1. The van der Waals surface area contributed by atoms with Crippen LogP contribution in [0.2, 0.25) is 0 Å². The van der Waals surface area contributed by atoms with Crippen LogP contribution in [-0.2, 0) is 0 Å². The summed E-state index contributed by atoms with van der Waals surface area (Å²) >= 11 is 0. The highest BCUT2D eigenvalue weighted by Crippen LogP contribution is 2.24. The van der Waals surface area contributed by atoms with Crippen LogP contribution < -0.4 is 11.1 Å². The summed E-state index contributed by atoms with van der Waals surface area (Å²) in [4.78, 5) is 20.0. The highest BCUT2D eigenvalue weighted by atomic mass is 16.6. The van der Waals surface area contributed by atoms with E-state index in [1.165, 1.54) is 12.1 Å². The zero-order chi connectivity index (χ0) is 10.7. The van der Waals surface area contributed by atoms with Crippen LogP contribution in [0.15, 0.2) is 18.2 Å². The molecule has 0 aromatic heterocycles. The number of nitrogen functional groups attached to an aromatic ring is 1. The first-order chi connectivity index (χ1) is 6.50. The highest BCUT2D eigenvalue weighted by Gasteiger charge is 2.10. The first-order valence-electron chi connectivity index (χ1n) is 3.54. The monoisotopic (exact) mass is 197 g/mol. The maximum absolute atomic E-state index is 10.3. The predicted octanol–water partition coefficient (Wildman–Crippen LogP) is 1.27. The van der Waals surface area contributed by atoms with Crippen molar-refractivity contribution in [2.45, 2.75) is 0 Å². The fourth-order valence-corrected chi connectivity index (χ4v) is 0.881. The van der Waals surface area contributed by atoms with Crippen LogP contribution in [0.3, 0.4) is 0 Å². The van der Waals surface area contributed by atoms with E-state index >= 15 is 0 Å². The van der Waals surface area contributed by atoms with E-state index in [1.807, 2.05) is 5.32 Å². The van der Waals surface area contributed by atoms with Gasteiger partial charge in [0.25, 0.3) is 5.69 Å². The number of hydrogen-bond donors (Lipinski definition) is 3. The largest absolute Gasteiger partial charge is 0.465 e. The van der Waals surface area contributed by atoms with Crippen molar-refractivity contribution < 1.29 is 14.8 Å². The molecule has 0 bridgehead atoms. The van der Waals surface area contributed by atoms with Crippen LogP contribution >= 0.6 is 0 Å². The van der Waals surface area contributed by atoms with Crippen molar-refractivity contribution in [1.82, 2.24) is 0 Å². The van der Waals surface area contributed by atoms with Gasteiger partial charge in [-0.3, -0.25) is 15.4 Å². The topological polar surface area (TPSA) is 118 Å². The standard InChI is InChI=1S/C7H7N3O4/c8-5-2-1-4(10(13)14)3-6(5)9-7(11)12/h1-3,9H,8H2,(H,11,12). The zero-order valence-corrected chi connectivity index (χ0v) is 6.93. The number of nitrogens with zero attached hydrogens (tertiary/aromatic N) is 1. The third kappa shape index (κ3) is 2.09. The van der Waals surface area contributed by atoms with Crippen LogP contribution in [0.1, 0.15) is 0 Å². The minimum atomic E-state index is -1.32. The second-order valence-electron chi connectivity index (χ2n) is 2.46. The number of hydrogen-bond acceptors (Lipinski definition) is 4. The van der Waals surface area contributed by atoms with Gasteiger partial charge >= 0.3 is 6.09 Å². The Bertz CT molecular complexity index is 391. The van der Waals surface area contributed by atoms with Crippen LogP contribution in [0, 0.1) is 10.1 Å². The number of non-ortho nitro benzene ring substituents is 1.